The highest BCUT2D eigenvalue weighted by Crippen LogP contribution is 2.49. The second kappa shape index (κ2) is 4.98. The molecule has 0 heterocycles. The van der Waals surface area contributed by atoms with E-state index in [-0.39, 0.29) is 17.1 Å². The number of halogens is 2. The first-order chi connectivity index (χ1) is 8.04. The number of carbonyl (C=O) groups excluding carboxylic acids is 1. The van der Waals surface area contributed by atoms with Crippen LogP contribution in [0.25, 0.3) is 0 Å². The minimum Gasteiger partial charge on any atom is -0.326 e. The van der Waals surface area contributed by atoms with E-state index in [1.807, 2.05) is 0 Å². The average molecular weight is 318 g/mol. The lowest BCUT2D eigenvalue weighted by Crippen LogP contribution is -2.18. The van der Waals surface area contributed by atoms with E-state index in [9.17, 15) is 9.18 Å². The molecule has 1 aliphatic rings. The number of amides is 1. The average Bonchev–Trinajstić information content (AvgIpc) is 3.04. The van der Waals surface area contributed by atoms with Crippen molar-refractivity contribution in [2.24, 2.45) is 5.41 Å². The molecule has 1 aliphatic carbocycles. The highest BCUT2D eigenvalue weighted by Gasteiger charge is 2.42. The molecular weight excluding hydrogens is 305 g/mol. The number of thiol groups is 1. The fraction of sp³-hybridized carbons (Fsp3) is 0.417. The molecule has 1 fully saturated rings. The number of benzene rings is 1. The zero-order valence-electron chi connectivity index (χ0n) is 9.17. The van der Waals surface area contributed by atoms with Crippen LogP contribution in [-0.2, 0) is 4.79 Å². The van der Waals surface area contributed by atoms with Crippen LogP contribution in [0.15, 0.2) is 22.7 Å². The molecular formula is C12H13BrFNOS. The van der Waals surface area contributed by atoms with Gasteiger partial charge in [-0.1, -0.05) is 0 Å². The summed E-state index contributed by atoms with van der Waals surface area (Å²) < 4.78 is 13.4. The lowest BCUT2D eigenvalue weighted by Gasteiger charge is -2.12. The Morgan fingerprint density at radius 3 is 2.76 bits per heavy atom. The van der Waals surface area contributed by atoms with Crippen molar-refractivity contribution < 1.29 is 9.18 Å². The molecule has 0 saturated heterocycles. The Hall–Kier alpha value is -0.550. The second-order valence-electron chi connectivity index (χ2n) is 4.51. The minimum atomic E-state index is -0.336. The van der Waals surface area contributed by atoms with E-state index >= 15 is 0 Å². The molecule has 0 aromatic heterocycles. The number of anilines is 1. The maximum absolute atomic E-state index is 13.0. The quantitative estimate of drug-likeness (QED) is 0.816. The smallest absolute Gasteiger partial charge is 0.224 e. The Morgan fingerprint density at radius 1 is 1.53 bits per heavy atom. The van der Waals surface area contributed by atoms with Crippen LogP contribution in [0, 0.1) is 11.2 Å². The van der Waals surface area contributed by atoms with Gasteiger partial charge in [0.25, 0.3) is 0 Å². The molecule has 1 aromatic carbocycles. The highest BCUT2D eigenvalue weighted by molar-refractivity contribution is 9.10. The van der Waals surface area contributed by atoms with Crippen LogP contribution in [0.5, 0.6) is 0 Å². The van der Waals surface area contributed by atoms with Gasteiger partial charge in [-0.2, -0.15) is 12.6 Å². The first kappa shape index (κ1) is 12.9. The number of nitrogens with one attached hydrogen (secondary N) is 1. The van der Waals surface area contributed by atoms with Gasteiger partial charge in [0.2, 0.25) is 5.91 Å². The van der Waals surface area contributed by atoms with Gasteiger partial charge in [0.15, 0.2) is 0 Å². The van der Waals surface area contributed by atoms with Crippen LogP contribution in [0.3, 0.4) is 0 Å². The predicted molar refractivity (Wildman–Crippen MR) is 72.9 cm³/mol. The van der Waals surface area contributed by atoms with Crippen molar-refractivity contribution in [3.8, 4) is 0 Å². The minimum absolute atomic E-state index is 0.0324. The molecule has 0 spiro atoms. The van der Waals surface area contributed by atoms with Crippen molar-refractivity contribution in [3.05, 3.63) is 28.5 Å². The molecule has 1 aromatic rings. The first-order valence-electron chi connectivity index (χ1n) is 5.40. The Bertz CT molecular complexity index is 448. The van der Waals surface area contributed by atoms with E-state index in [4.69, 9.17) is 0 Å². The predicted octanol–water partition coefficient (Wildman–Crippen LogP) is 3.63. The Morgan fingerprint density at radius 2 is 2.24 bits per heavy atom. The summed E-state index contributed by atoms with van der Waals surface area (Å²) in [6.45, 7) is 0. The van der Waals surface area contributed by atoms with E-state index in [2.05, 4.69) is 33.9 Å². The third kappa shape index (κ3) is 3.22. The number of hydrogen-bond donors (Lipinski definition) is 2. The normalized spacial score (nSPS) is 16.6. The fourth-order valence-corrected chi connectivity index (χ4v) is 2.49. The van der Waals surface area contributed by atoms with Crippen molar-refractivity contribution in [3.63, 3.8) is 0 Å². The molecule has 1 saturated carbocycles. The van der Waals surface area contributed by atoms with Crippen molar-refractivity contribution in [2.75, 3.05) is 11.1 Å². The maximum Gasteiger partial charge on any atom is 0.224 e. The van der Waals surface area contributed by atoms with E-state index in [1.54, 1.807) is 12.1 Å². The fourth-order valence-electron chi connectivity index (χ4n) is 1.69. The van der Waals surface area contributed by atoms with Crippen LogP contribution < -0.4 is 5.32 Å². The molecule has 17 heavy (non-hydrogen) atoms. The summed E-state index contributed by atoms with van der Waals surface area (Å²) in [4.78, 5) is 11.8. The molecule has 0 radical (unpaired) electrons. The van der Waals surface area contributed by atoms with Crippen molar-refractivity contribution in [1.82, 2.24) is 0 Å². The van der Waals surface area contributed by atoms with Gasteiger partial charge in [-0.25, -0.2) is 4.39 Å². The SMILES string of the molecule is O=C(CC1(CS)CC1)Nc1ccc(F)c(Br)c1. The third-order valence-corrected chi connectivity index (χ3v) is 4.31. The molecule has 0 aliphatic heterocycles. The van der Waals surface area contributed by atoms with E-state index in [1.165, 1.54) is 6.07 Å². The summed E-state index contributed by atoms with van der Waals surface area (Å²) in [7, 11) is 0. The topological polar surface area (TPSA) is 29.1 Å². The summed E-state index contributed by atoms with van der Waals surface area (Å²) in [5, 5.41) is 2.77. The van der Waals surface area contributed by atoms with Crippen LogP contribution in [-0.4, -0.2) is 11.7 Å². The summed E-state index contributed by atoms with van der Waals surface area (Å²) in [6.07, 6.45) is 2.62. The Labute approximate surface area is 114 Å². The third-order valence-electron chi connectivity index (χ3n) is 3.03. The lowest BCUT2D eigenvalue weighted by molar-refractivity contribution is -0.117. The Balaban J connectivity index is 1.96. The molecule has 2 rings (SSSR count). The highest BCUT2D eigenvalue weighted by atomic mass is 79.9. The van der Waals surface area contributed by atoms with Gasteiger partial charge in [0.1, 0.15) is 5.82 Å². The van der Waals surface area contributed by atoms with Gasteiger partial charge in [-0.3, -0.25) is 4.79 Å². The van der Waals surface area contributed by atoms with Gasteiger partial charge in [0, 0.05) is 12.1 Å². The number of carbonyl (C=O) groups is 1. The molecule has 0 unspecified atom stereocenters. The van der Waals surface area contributed by atoms with Crippen LogP contribution >= 0.6 is 28.6 Å². The summed E-state index contributed by atoms with van der Waals surface area (Å²) in [5.74, 6) is 0.375. The maximum atomic E-state index is 13.0. The summed E-state index contributed by atoms with van der Waals surface area (Å²) >= 11 is 7.34. The molecule has 0 atom stereocenters. The molecule has 1 amide bonds. The van der Waals surface area contributed by atoms with Crippen molar-refractivity contribution >= 4 is 40.2 Å². The summed E-state index contributed by atoms with van der Waals surface area (Å²) in [5.41, 5.74) is 0.711. The standard InChI is InChI=1S/C12H13BrFNOS/c13-9-5-8(1-2-10(9)14)15-11(16)6-12(7-17)3-4-12/h1-2,5,17H,3-4,6-7H2,(H,15,16). The van der Waals surface area contributed by atoms with E-state index in [0.717, 1.165) is 18.6 Å². The van der Waals surface area contributed by atoms with Gasteiger partial charge >= 0.3 is 0 Å². The lowest BCUT2D eigenvalue weighted by atomic mass is 10.1. The monoisotopic (exact) mass is 317 g/mol. The second-order valence-corrected chi connectivity index (χ2v) is 5.68. The molecule has 0 bridgehead atoms. The molecule has 2 nitrogen and oxygen atoms in total. The number of rotatable bonds is 4. The van der Waals surface area contributed by atoms with Crippen molar-refractivity contribution in [1.29, 1.82) is 0 Å². The summed E-state index contributed by atoms with van der Waals surface area (Å²) in [6, 6.07) is 4.44. The molecule has 5 heteroatoms. The van der Waals surface area contributed by atoms with E-state index < -0.39 is 0 Å². The van der Waals surface area contributed by atoms with E-state index in [0.29, 0.717) is 16.6 Å². The van der Waals surface area contributed by atoms with Crippen LogP contribution in [0.2, 0.25) is 0 Å². The van der Waals surface area contributed by atoms with Gasteiger partial charge in [0.05, 0.1) is 4.47 Å². The largest absolute Gasteiger partial charge is 0.326 e. The van der Waals surface area contributed by atoms with Gasteiger partial charge in [-0.05, 0) is 58.1 Å². The number of hydrogen-bond acceptors (Lipinski definition) is 2. The molecule has 1 N–H and O–H groups in total. The van der Waals surface area contributed by atoms with Gasteiger partial charge in [-0.15, -0.1) is 0 Å². The first-order valence-corrected chi connectivity index (χ1v) is 6.83. The van der Waals surface area contributed by atoms with Gasteiger partial charge < -0.3 is 5.32 Å². The van der Waals surface area contributed by atoms with Crippen LogP contribution in [0.4, 0.5) is 10.1 Å². The zero-order chi connectivity index (χ0) is 12.5. The zero-order valence-corrected chi connectivity index (χ0v) is 11.7. The van der Waals surface area contributed by atoms with Crippen LogP contribution in [0.1, 0.15) is 19.3 Å². The molecule has 92 valence electrons. The van der Waals surface area contributed by atoms with Crippen molar-refractivity contribution in [2.45, 2.75) is 19.3 Å². The Kier molecular flexibility index (Phi) is 3.78.